The van der Waals surface area contributed by atoms with E-state index in [0.717, 1.165) is 107 Å². The minimum absolute atomic E-state index is 0.0538. The summed E-state index contributed by atoms with van der Waals surface area (Å²) < 4.78 is 38.2. The monoisotopic (exact) mass is 1240 g/mol. The second-order valence-corrected chi connectivity index (χ2v) is 21.9. The summed E-state index contributed by atoms with van der Waals surface area (Å²) in [6.45, 7) is 15.0. The molecule has 15 heteroatoms. The van der Waals surface area contributed by atoms with Gasteiger partial charge in [-0.25, -0.2) is 0 Å². The lowest BCUT2D eigenvalue weighted by Crippen LogP contribution is -2.05. The fraction of sp³-hybridized carbons (Fsp3) is 0.247. The summed E-state index contributed by atoms with van der Waals surface area (Å²) in [6.07, 6.45) is 7.55. The van der Waals surface area contributed by atoms with Gasteiger partial charge in [-0.1, -0.05) is 157 Å². The summed E-state index contributed by atoms with van der Waals surface area (Å²) in [7, 11) is 1.67. The quantitative estimate of drug-likeness (QED) is 0.0359. The van der Waals surface area contributed by atoms with E-state index >= 15 is 0 Å². The lowest BCUT2D eigenvalue weighted by Gasteiger charge is -2.15. The second-order valence-electron chi connectivity index (χ2n) is 21.9. The number of allylic oxidation sites excluding steroid dienone is 2. The van der Waals surface area contributed by atoms with Gasteiger partial charge < -0.3 is 54.0 Å². The van der Waals surface area contributed by atoms with E-state index in [0.29, 0.717) is 69.4 Å². The van der Waals surface area contributed by atoms with Crippen LogP contribution in [0.15, 0.2) is 188 Å². The number of methoxy groups -OCH3 is 1. The molecule has 12 rings (SSSR count). The van der Waals surface area contributed by atoms with E-state index in [9.17, 15) is 19.2 Å². The molecule has 9 aromatic rings. The molecule has 3 fully saturated rings. The standard InChI is InChI=1S/C25H25NO4.C23H21NO3.C11H14O3.C10H12O2.C8H8O/c1-17-3-2-4-23(25-29-13-14-30-25)22(17)9-10-24(28)20-6-5-19-16-21(26-11-12-27)8-7-18(19)15-20;1-16-3-2-4-20(15-26)22(16)9-10-23(27)19-6-5-18-14-21(24-11-12-25)8-7-17(18)13-19;1-8-4-3-5-9(10(8)12-2)11-13-6-7-14-11;1-8-3-2-4-9(7-8)10-11-5-6-12-10;1-7-3-2-4-8(5-7)6-9/h2-10,15-16,25-27H,11-14H2,1H3;2-10,13-15,24-25H,11-12H2,1H3;3-5,11H,6-7H2,1-2H3;2-4,7,10H,5-6H2,1H3;2-6H,1H3/b2*10-9+;;;. The number of ketones is 2. The minimum Gasteiger partial charge on any atom is -0.496 e. The van der Waals surface area contributed by atoms with Crippen LogP contribution < -0.4 is 15.4 Å². The normalized spacial score (nSPS) is 13.9. The molecule has 3 saturated heterocycles. The van der Waals surface area contributed by atoms with Crippen molar-refractivity contribution in [2.24, 2.45) is 0 Å². The largest absolute Gasteiger partial charge is 0.496 e. The highest BCUT2D eigenvalue weighted by atomic mass is 16.7. The number of para-hydroxylation sites is 1. The highest BCUT2D eigenvalue weighted by Gasteiger charge is 2.24. The van der Waals surface area contributed by atoms with Crippen LogP contribution in [0.25, 0.3) is 33.7 Å². The van der Waals surface area contributed by atoms with Crippen molar-refractivity contribution in [1.82, 2.24) is 0 Å². The summed E-state index contributed by atoms with van der Waals surface area (Å²) in [5.41, 5.74) is 14.7. The molecule has 3 heterocycles. The van der Waals surface area contributed by atoms with Crippen LogP contribution in [0.5, 0.6) is 5.75 Å². The molecule has 4 N–H and O–H groups in total. The van der Waals surface area contributed by atoms with Crippen LogP contribution in [0.2, 0.25) is 0 Å². The SMILES string of the molecule is COc1c(C)cccc1C1OCCO1.Cc1cccc(C2OCCO2)c1.Cc1cccc(C2OCCO2)c1/C=C/C(=O)c1ccc2cc(NCCO)ccc2c1.Cc1cccc(C=O)c1.Cc1cccc(C=O)c1/C=C/C(=O)c1ccc2cc(NCCO)ccc2c1. The molecule has 0 radical (unpaired) electrons. The Balaban J connectivity index is 0.000000159. The van der Waals surface area contributed by atoms with E-state index in [-0.39, 0.29) is 43.7 Å². The number of aryl methyl sites for hydroxylation is 5. The third kappa shape index (κ3) is 19.6. The Hall–Kier alpha value is -9.26. The van der Waals surface area contributed by atoms with Gasteiger partial charge in [0, 0.05) is 63.4 Å². The van der Waals surface area contributed by atoms with Crippen LogP contribution >= 0.6 is 0 Å². The molecule has 0 saturated carbocycles. The zero-order valence-corrected chi connectivity index (χ0v) is 52.9. The topological polar surface area (TPSA) is 197 Å². The van der Waals surface area contributed by atoms with E-state index in [1.54, 1.807) is 37.5 Å². The predicted octanol–water partition coefficient (Wildman–Crippen LogP) is 14.7. The average molecular weight is 1240 g/mol. The number of aldehydes is 2. The molecule has 0 aromatic heterocycles. The summed E-state index contributed by atoms with van der Waals surface area (Å²) in [6, 6.07) is 56.1. The third-order valence-electron chi connectivity index (χ3n) is 15.1. The van der Waals surface area contributed by atoms with Gasteiger partial charge in [0.05, 0.1) is 60.0 Å². The Kier molecular flexibility index (Phi) is 26.4. The second kappa shape index (κ2) is 35.4. The van der Waals surface area contributed by atoms with Gasteiger partial charge in [-0.3, -0.25) is 19.2 Å². The number of anilines is 2. The highest BCUT2D eigenvalue weighted by Crippen LogP contribution is 2.34. The minimum atomic E-state index is -0.381. The Morgan fingerprint density at radius 3 is 1.41 bits per heavy atom. The number of hydrogen-bond donors (Lipinski definition) is 4. The summed E-state index contributed by atoms with van der Waals surface area (Å²) in [4.78, 5) is 46.7. The number of hydrogen-bond acceptors (Lipinski definition) is 15. The average Bonchev–Trinajstić information content (AvgIpc) is 3.09. The molecular weight excluding hydrogens is 1160 g/mol. The number of aliphatic hydroxyl groups excluding tert-OH is 2. The van der Waals surface area contributed by atoms with Crippen LogP contribution in [-0.4, -0.2) is 107 Å². The van der Waals surface area contributed by atoms with E-state index in [1.165, 1.54) is 11.6 Å². The lowest BCUT2D eigenvalue weighted by molar-refractivity contribution is -0.0455. The first-order valence-electron chi connectivity index (χ1n) is 30.6. The first-order valence-corrected chi connectivity index (χ1v) is 30.6. The van der Waals surface area contributed by atoms with Crippen molar-refractivity contribution in [3.8, 4) is 5.75 Å². The maximum absolute atomic E-state index is 12.8. The number of carbonyl (C=O) groups excluding carboxylic acids is 4. The Labute approximate surface area is 538 Å². The third-order valence-corrected chi connectivity index (χ3v) is 15.1. The van der Waals surface area contributed by atoms with Gasteiger partial charge in [0.2, 0.25) is 0 Å². The van der Waals surface area contributed by atoms with Crippen molar-refractivity contribution in [3.63, 3.8) is 0 Å². The van der Waals surface area contributed by atoms with Crippen LogP contribution in [0.1, 0.15) is 116 Å². The molecular formula is C77H80N2O13. The van der Waals surface area contributed by atoms with Crippen molar-refractivity contribution in [2.45, 2.75) is 53.5 Å². The van der Waals surface area contributed by atoms with Gasteiger partial charge in [-0.05, 0) is 139 Å². The molecule has 0 bridgehead atoms. The first-order chi connectivity index (χ1) is 44.8. The van der Waals surface area contributed by atoms with E-state index in [1.807, 2.05) is 179 Å². The molecule has 0 unspecified atom stereocenters. The zero-order valence-electron chi connectivity index (χ0n) is 52.9. The number of rotatable bonds is 18. The molecule has 0 amide bonds. The smallest absolute Gasteiger partial charge is 0.187 e. The molecule has 9 aromatic carbocycles. The zero-order chi connectivity index (χ0) is 65.2. The summed E-state index contributed by atoms with van der Waals surface area (Å²) in [5.74, 6) is 0.695. The molecule has 476 valence electrons. The van der Waals surface area contributed by atoms with E-state index in [2.05, 4.69) is 29.7 Å². The summed E-state index contributed by atoms with van der Waals surface area (Å²) >= 11 is 0. The van der Waals surface area contributed by atoms with Crippen molar-refractivity contribution >= 4 is 69.2 Å². The number of ether oxygens (including phenoxy) is 7. The maximum Gasteiger partial charge on any atom is 0.187 e. The lowest BCUT2D eigenvalue weighted by atomic mass is 9.99. The molecule has 0 aliphatic carbocycles. The Bertz CT molecular complexity index is 3990. The molecule has 15 nitrogen and oxygen atoms in total. The summed E-state index contributed by atoms with van der Waals surface area (Å²) in [5, 5.41) is 28.1. The predicted molar refractivity (Wildman–Crippen MR) is 363 cm³/mol. The Morgan fingerprint density at radius 1 is 0.467 bits per heavy atom. The molecule has 3 aliphatic heterocycles. The van der Waals surface area contributed by atoms with Crippen molar-refractivity contribution in [1.29, 1.82) is 0 Å². The fourth-order valence-corrected chi connectivity index (χ4v) is 10.4. The van der Waals surface area contributed by atoms with Gasteiger partial charge in [0.15, 0.2) is 36.7 Å². The van der Waals surface area contributed by atoms with Crippen LogP contribution in [0.3, 0.4) is 0 Å². The number of fused-ring (bicyclic) bond motifs is 2. The molecule has 3 aliphatic rings. The van der Waals surface area contributed by atoms with Crippen LogP contribution in [-0.2, 0) is 28.4 Å². The number of benzene rings is 9. The number of carbonyl (C=O) groups is 4. The molecule has 92 heavy (non-hydrogen) atoms. The van der Waals surface area contributed by atoms with Crippen molar-refractivity contribution < 1.29 is 62.5 Å². The van der Waals surface area contributed by atoms with Crippen molar-refractivity contribution in [3.05, 3.63) is 266 Å². The van der Waals surface area contributed by atoms with Gasteiger partial charge in [0.1, 0.15) is 12.0 Å². The van der Waals surface area contributed by atoms with Gasteiger partial charge in [-0.2, -0.15) is 0 Å². The maximum atomic E-state index is 12.8. The van der Waals surface area contributed by atoms with E-state index < -0.39 is 0 Å². The molecule has 0 spiro atoms. The van der Waals surface area contributed by atoms with Crippen LogP contribution in [0, 0.1) is 34.6 Å². The Morgan fingerprint density at radius 2 is 0.913 bits per heavy atom. The van der Waals surface area contributed by atoms with E-state index in [4.69, 9.17) is 43.4 Å². The van der Waals surface area contributed by atoms with Gasteiger partial charge in [-0.15, -0.1) is 0 Å². The van der Waals surface area contributed by atoms with Gasteiger partial charge in [0.25, 0.3) is 0 Å². The van der Waals surface area contributed by atoms with Gasteiger partial charge >= 0.3 is 0 Å². The number of nitrogens with one attached hydrogen (secondary N) is 2. The highest BCUT2D eigenvalue weighted by molar-refractivity contribution is 6.10. The first kappa shape index (κ1) is 68.6. The van der Waals surface area contributed by atoms with Crippen molar-refractivity contribution in [2.75, 3.05) is 83.7 Å². The molecule has 0 atom stereocenters. The van der Waals surface area contributed by atoms with Crippen LogP contribution in [0.4, 0.5) is 11.4 Å². The fourth-order valence-electron chi connectivity index (χ4n) is 10.4. The number of aliphatic hydroxyl groups is 2.